The maximum absolute atomic E-state index is 14.8. The number of benzene rings is 1. The van der Waals surface area contributed by atoms with E-state index in [1.807, 2.05) is 19.9 Å². The topological polar surface area (TPSA) is 55.8 Å². The van der Waals surface area contributed by atoms with Gasteiger partial charge in [-0.2, -0.15) is 0 Å². The molecule has 5 unspecified atom stereocenters. The Bertz CT molecular complexity index is 1170. The Morgan fingerprint density at radius 2 is 1.95 bits per heavy atom. The van der Waals surface area contributed by atoms with E-state index >= 15 is 0 Å². The van der Waals surface area contributed by atoms with Gasteiger partial charge in [-0.3, -0.25) is 4.79 Å². The number of ketones is 1. The highest BCUT2D eigenvalue weighted by Gasteiger charge is 2.53. The SMILES string of the molecule is CC(C)O[C@H]1CC2(CCC(C)C(C(=O)C3C4=CC(F)=C(C(C)(C)O)C=CC43)CC2)Oc2cc(F)ccc21. The molecule has 0 amide bonds. The fourth-order valence-electron chi connectivity index (χ4n) is 6.57. The number of hydrogen-bond donors (Lipinski definition) is 1. The minimum Gasteiger partial charge on any atom is -0.487 e. The first kappa shape index (κ1) is 26.3. The van der Waals surface area contributed by atoms with E-state index in [1.165, 1.54) is 18.2 Å². The van der Waals surface area contributed by atoms with Crippen LogP contribution in [0, 0.1) is 29.5 Å². The van der Waals surface area contributed by atoms with E-state index in [9.17, 15) is 18.7 Å². The zero-order valence-electron chi connectivity index (χ0n) is 22.4. The van der Waals surface area contributed by atoms with Crippen LogP contribution in [0.1, 0.15) is 78.4 Å². The fraction of sp³-hybridized carbons (Fsp3) is 0.581. The van der Waals surface area contributed by atoms with Crippen molar-refractivity contribution in [2.75, 3.05) is 0 Å². The molecule has 0 aromatic heterocycles. The minimum atomic E-state index is -1.28. The summed E-state index contributed by atoms with van der Waals surface area (Å²) in [5, 5.41) is 10.3. The van der Waals surface area contributed by atoms with E-state index in [-0.39, 0.29) is 53.1 Å². The molecular weight excluding hydrogens is 474 g/mol. The number of allylic oxidation sites excluding steroid dienone is 4. The van der Waals surface area contributed by atoms with Crippen molar-refractivity contribution < 1.29 is 28.2 Å². The van der Waals surface area contributed by atoms with Gasteiger partial charge in [0.25, 0.3) is 0 Å². The van der Waals surface area contributed by atoms with Crippen LogP contribution in [0.2, 0.25) is 0 Å². The maximum atomic E-state index is 14.8. The first-order valence-electron chi connectivity index (χ1n) is 13.6. The third kappa shape index (κ3) is 5.07. The maximum Gasteiger partial charge on any atom is 0.144 e. The molecule has 1 heterocycles. The van der Waals surface area contributed by atoms with Crippen LogP contribution >= 0.6 is 0 Å². The summed E-state index contributed by atoms with van der Waals surface area (Å²) in [4.78, 5) is 13.7. The Labute approximate surface area is 218 Å². The van der Waals surface area contributed by atoms with E-state index in [0.29, 0.717) is 25.0 Å². The van der Waals surface area contributed by atoms with Crippen molar-refractivity contribution >= 4 is 5.78 Å². The first-order chi connectivity index (χ1) is 17.4. The predicted molar refractivity (Wildman–Crippen MR) is 138 cm³/mol. The van der Waals surface area contributed by atoms with E-state index in [4.69, 9.17) is 9.47 Å². The van der Waals surface area contributed by atoms with Crippen LogP contribution in [0.5, 0.6) is 5.75 Å². The summed E-state index contributed by atoms with van der Waals surface area (Å²) in [5.74, 6) is -0.484. The number of aliphatic hydroxyl groups is 1. The number of Topliss-reactive ketones (excluding diaryl/α,β-unsaturated/α-hetero) is 1. The third-order valence-corrected chi connectivity index (χ3v) is 8.64. The predicted octanol–water partition coefficient (Wildman–Crippen LogP) is 6.95. The van der Waals surface area contributed by atoms with Crippen LogP contribution in [-0.2, 0) is 9.53 Å². The average molecular weight is 513 g/mol. The number of ether oxygens (including phenoxy) is 2. The number of carbonyl (C=O) groups is 1. The van der Waals surface area contributed by atoms with Gasteiger partial charge in [0.1, 0.15) is 28.8 Å². The van der Waals surface area contributed by atoms with Crippen molar-refractivity contribution in [3.05, 3.63) is 64.8 Å². The normalized spacial score (nSPS) is 33.3. The molecule has 0 radical (unpaired) electrons. The Morgan fingerprint density at radius 1 is 1.22 bits per heavy atom. The van der Waals surface area contributed by atoms with Crippen LogP contribution in [0.3, 0.4) is 0 Å². The summed E-state index contributed by atoms with van der Waals surface area (Å²) in [6.07, 6.45) is 8.40. The second kappa shape index (κ2) is 9.46. The number of carbonyl (C=O) groups excluding carboxylic acids is 1. The Hall–Kier alpha value is -2.31. The lowest BCUT2D eigenvalue weighted by molar-refractivity contribution is -0.125. The van der Waals surface area contributed by atoms with Crippen LogP contribution < -0.4 is 4.74 Å². The molecule has 2 saturated carbocycles. The van der Waals surface area contributed by atoms with Gasteiger partial charge in [-0.1, -0.05) is 19.1 Å². The van der Waals surface area contributed by atoms with Gasteiger partial charge in [0.2, 0.25) is 0 Å². The first-order valence-corrected chi connectivity index (χ1v) is 13.6. The summed E-state index contributed by atoms with van der Waals surface area (Å²) in [5.41, 5.74) is 0.132. The Balaban J connectivity index is 1.35. The van der Waals surface area contributed by atoms with E-state index in [1.54, 1.807) is 26.0 Å². The molecule has 4 nitrogen and oxygen atoms in total. The molecular formula is C31H38F2O4. The summed E-state index contributed by atoms with van der Waals surface area (Å²) >= 11 is 0. The van der Waals surface area contributed by atoms with Crippen molar-refractivity contribution in [2.45, 2.75) is 90.1 Å². The lowest BCUT2D eigenvalue weighted by Gasteiger charge is -2.42. The molecule has 4 aliphatic rings. The van der Waals surface area contributed by atoms with Gasteiger partial charge in [0, 0.05) is 41.4 Å². The van der Waals surface area contributed by atoms with Crippen molar-refractivity contribution in [2.24, 2.45) is 23.7 Å². The summed E-state index contributed by atoms with van der Waals surface area (Å²) in [6, 6.07) is 4.65. The highest BCUT2D eigenvalue weighted by atomic mass is 19.1. The number of rotatable bonds is 5. The van der Waals surface area contributed by atoms with Crippen LogP contribution in [-0.4, -0.2) is 28.2 Å². The molecule has 3 aliphatic carbocycles. The van der Waals surface area contributed by atoms with Gasteiger partial charge >= 0.3 is 0 Å². The zero-order valence-corrected chi connectivity index (χ0v) is 22.4. The number of halogens is 2. The monoisotopic (exact) mass is 512 g/mol. The zero-order chi connectivity index (χ0) is 26.7. The van der Waals surface area contributed by atoms with Gasteiger partial charge in [0.15, 0.2) is 0 Å². The molecule has 37 heavy (non-hydrogen) atoms. The number of fused-ring (bicyclic) bond motifs is 2. The van der Waals surface area contributed by atoms with Gasteiger partial charge in [0.05, 0.1) is 17.8 Å². The summed E-state index contributed by atoms with van der Waals surface area (Å²) < 4.78 is 41.7. The summed E-state index contributed by atoms with van der Waals surface area (Å²) in [7, 11) is 0. The molecule has 2 fully saturated rings. The second-order valence-electron chi connectivity index (χ2n) is 12.2. The number of hydrogen-bond acceptors (Lipinski definition) is 4. The van der Waals surface area contributed by atoms with Gasteiger partial charge in [-0.05, 0) is 83.1 Å². The van der Waals surface area contributed by atoms with Gasteiger partial charge < -0.3 is 14.6 Å². The highest BCUT2D eigenvalue weighted by Crippen LogP contribution is 2.54. The highest BCUT2D eigenvalue weighted by molar-refractivity contribution is 5.92. The van der Waals surface area contributed by atoms with Crippen molar-refractivity contribution in [1.82, 2.24) is 0 Å². The molecule has 6 heteroatoms. The van der Waals surface area contributed by atoms with Crippen molar-refractivity contribution in [1.29, 1.82) is 0 Å². The fourth-order valence-corrected chi connectivity index (χ4v) is 6.57. The van der Waals surface area contributed by atoms with Crippen molar-refractivity contribution in [3.8, 4) is 5.75 Å². The summed E-state index contributed by atoms with van der Waals surface area (Å²) in [6.45, 7) is 9.24. The van der Waals surface area contributed by atoms with Gasteiger partial charge in [-0.25, -0.2) is 8.78 Å². The molecule has 1 spiro atoms. The molecule has 1 N–H and O–H groups in total. The van der Waals surface area contributed by atoms with E-state index < -0.39 is 17.0 Å². The van der Waals surface area contributed by atoms with Gasteiger partial charge in [-0.15, -0.1) is 0 Å². The molecule has 6 atom stereocenters. The van der Waals surface area contributed by atoms with E-state index in [0.717, 1.165) is 24.0 Å². The molecule has 200 valence electrons. The second-order valence-corrected chi connectivity index (χ2v) is 12.2. The van der Waals surface area contributed by atoms with Crippen molar-refractivity contribution in [3.63, 3.8) is 0 Å². The molecule has 1 aliphatic heterocycles. The Morgan fingerprint density at radius 3 is 2.65 bits per heavy atom. The molecule has 5 rings (SSSR count). The quantitative estimate of drug-likeness (QED) is 0.464. The molecule has 0 bridgehead atoms. The largest absolute Gasteiger partial charge is 0.487 e. The Kier molecular flexibility index (Phi) is 6.73. The molecule has 1 aromatic rings. The smallest absolute Gasteiger partial charge is 0.144 e. The lowest BCUT2D eigenvalue weighted by atomic mass is 9.82. The molecule has 1 aromatic carbocycles. The third-order valence-electron chi connectivity index (χ3n) is 8.64. The minimum absolute atomic E-state index is 0.0204. The average Bonchev–Trinajstić information content (AvgIpc) is 3.52. The van der Waals surface area contributed by atoms with Crippen LogP contribution in [0.25, 0.3) is 0 Å². The van der Waals surface area contributed by atoms with Crippen LogP contribution in [0.4, 0.5) is 8.78 Å². The van der Waals surface area contributed by atoms with E-state index in [2.05, 4.69) is 6.92 Å². The standard InChI is InChI=1S/C31H38F2O4/c1-17(2)36-27-16-31(37-26-14-19(32)6-7-22(26)27)12-10-18(3)20(11-13-31)29(34)28-21-8-9-24(30(4,5)35)25(33)15-23(21)28/h6-9,14-15,17-18,20-21,27-28,35H,10-13,16H2,1-5H3/t18?,20?,21?,27-,28?,31?/m0/s1. The van der Waals surface area contributed by atoms with Crippen LogP contribution in [0.15, 0.2) is 53.4 Å². The molecule has 0 saturated heterocycles. The lowest BCUT2D eigenvalue weighted by Crippen LogP contribution is -2.41.